The van der Waals surface area contributed by atoms with Crippen LogP contribution in [0.25, 0.3) is 0 Å². The van der Waals surface area contributed by atoms with Gasteiger partial charge < -0.3 is 15.6 Å². The van der Waals surface area contributed by atoms with E-state index in [0.29, 0.717) is 6.42 Å². The SMILES string of the molecule is NC(CCCCCC1NCCO1)C(=O)O. The van der Waals surface area contributed by atoms with E-state index in [1.807, 2.05) is 0 Å². The van der Waals surface area contributed by atoms with Crippen LogP contribution >= 0.6 is 0 Å². The van der Waals surface area contributed by atoms with Gasteiger partial charge in [-0.2, -0.15) is 0 Å². The number of nitrogens with two attached hydrogens (primary N) is 1. The van der Waals surface area contributed by atoms with Crippen molar-refractivity contribution in [3.05, 3.63) is 0 Å². The highest BCUT2D eigenvalue weighted by molar-refractivity contribution is 5.72. The second-order valence-electron chi connectivity index (χ2n) is 3.90. The molecule has 5 heteroatoms. The Hall–Kier alpha value is -0.650. The molecule has 1 rings (SSSR count). The third kappa shape index (κ3) is 5.11. The van der Waals surface area contributed by atoms with Crippen LogP contribution in [0.5, 0.6) is 0 Å². The van der Waals surface area contributed by atoms with Crippen molar-refractivity contribution in [1.82, 2.24) is 5.32 Å². The number of nitrogens with one attached hydrogen (secondary N) is 1. The van der Waals surface area contributed by atoms with Gasteiger partial charge in [-0.3, -0.25) is 10.1 Å². The molecule has 0 radical (unpaired) electrons. The molecule has 0 aliphatic carbocycles. The maximum Gasteiger partial charge on any atom is 0.320 e. The van der Waals surface area contributed by atoms with Crippen LogP contribution in [0.2, 0.25) is 0 Å². The molecule has 0 saturated carbocycles. The number of unbranched alkanes of at least 4 members (excludes halogenated alkanes) is 2. The molecule has 1 aliphatic heterocycles. The van der Waals surface area contributed by atoms with Crippen LogP contribution in [0.3, 0.4) is 0 Å². The molecule has 0 aromatic heterocycles. The van der Waals surface area contributed by atoms with Gasteiger partial charge in [-0.05, 0) is 19.3 Å². The highest BCUT2D eigenvalue weighted by atomic mass is 16.5. The van der Waals surface area contributed by atoms with E-state index in [2.05, 4.69) is 5.32 Å². The van der Waals surface area contributed by atoms with Gasteiger partial charge in [0.15, 0.2) is 0 Å². The summed E-state index contributed by atoms with van der Waals surface area (Å²) in [4.78, 5) is 10.4. The molecule has 1 heterocycles. The molecule has 0 aromatic carbocycles. The van der Waals surface area contributed by atoms with Crippen molar-refractivity contribution in [1.29, 1.82) is 0 Å². The quantitative estimate of drug-likeness (QED) is 0.533. The van der Waals surface area contributed by atoms with Crippen molar-refractivity contribution < 1.29 is 14.6 Å². The molecule has 2 atom stereocenters. The first-order chi connectivity index (χ1) is 7.20. The summed E-state index contributed by atoms with van der Waals surface area (Å²) >= 11 is 0. The lowest BCUT2D eigenvalue weighted by Crippen LogP contribution is -2.29. The summed E-state index contributed by atoms with van der Waals surface area (Å²) in [6.07, 6.45) is 4.72. The van der Waals surface area contributed by atoms with Gasteiger partial charge in [-0.1, -0.05) is 12.8 Å². The zero-order valence-electron chi connectivity index (χ0n) is 8.95. The van der Waals surface area contributed by atoms with Crippen molar-refractivity contribution in [2.24, 2.45) is 5.73 Å². The lowest BCUT2D eigenvalue weighted by Gasteiger charge is -2.09. The molecule has 0 amide bonds. The van der Waals surface area contributed by atoms with Crippen molar-refractivity contribution in [3.8, 4) is 0 Å². The van der Waals surface area contributed by atoms with Gasteiger partial charge in [0.2, 0.25) is 0 Å². The lowest BCUT2D eigenvalue weighted by molar-refractivity contribution is -0.138. The van der Waals surface area contributed by atoms with E-state index in [-0.39, 0.29) is 6.23 Å². The molecule has 1 aliphatic rings. The highest BCUT2D eigenvalue weighted by Gasteiger charge is 2.14. The molecule has 1 fully saturated rings. The summed E-state index contributed by atoms with van der Waals surface area (Å²) in [5, 5.41) is 11.8. The number of rotatable bonds is 7. The van der Waals surface area contributed by atoms with Crippen molar-refractivity contribution >= 4 is 5.97 Å². The summed E-state index contributed by atoms with van der Waals surface area (Å²) in [5.74, 6) is -0.907. The van der Waals surface area contributed by atoms with Gasteiger partial charge in [0.1, 0.15) is 12.3 Å². The predicted molar refractivity (Wildman–Crippen MR) is 56.4 cm³/mol. The number of hydrogen-bond donors (Lipinski definition) is 3. The van der Waals surface area contributed by atoms with Crippen LogP contribution in [0.1, 0.15) is 32.1 Å². The van der Waals surface area contributed by atoms with Gasteiger partial charge in [0.25, 0.3) is 0 Å². The summed E-state index contributed by atoms with van der Waals surface area (Å²) in [6.45, 7) is 1.74. The molecule has 5 nitrogen and oxygen atoms in total. The Bertz CT molecular complexity index is 193. The zero-order chi connectivity index (χ0) is 11.1. The summed E-state index contributed by atoms with van der Waals surface area (Å²) < 4.78 is 5.39. The molecule has 4 N–H and O–H groups in total. The third-order valence-electron chi connectivity index (χ3n) is 2.59. The van der Waals surface area contributed by atoms with Crippen LogP contribution in [-0.2, 0) is 9.53 Å². The summed E-state index contributed by atoms with van der Waals surface area (Å²) in [7, 11) is 0. The number of aliphatic carboxylic acids is 1. The topological polar surface area (TPSA) is 84.6 Å². The third-order valence-corrected chi connectivity index (χ3v) is 2.59. The largest absolute Gasteiger partial charge is 0.480 e. The molecule has 0 aromatic rings. The minimum absolute atomic E-state index is 0.207. The zero-order valence-corrected chi connectivity index (χ0v) is 8.95. The maximum atomic E-state index is 10.4. The molecule has 1 saturated heterocycles. The van der Waals surface area contributed by atoms with Gasteiger partial charge >= 0.3 is 5.97 Å². The smallest absolute Gasteiger partial charge is 0.320 e. The van der Waals surface area contributed by atoms with Gasteiger partial charge in [-0.25, -0.2) is 0 Å². The molecule has 2 unspecified atom stereocenters. The standard InChI is InChI=1S/C10H20N2O3/c11-8(10(13)14)4-2-1-3-5-9-12-6-7-15-9/h8-9,12H,1-7,11H2,(H,13,14). The minimum Gasteiger partial charge on any atom is -0.480 e. The van der Waals surface area contributed by atoms with E-state index in [1.165, 1.54) is 0 Å². The van der Waals surface area contributed by atoms with E-state index in [9.17, 15) is 4.79 Å². The van der Waals surface area contributed by atoms with Gasteiger partial charge in [-0.15, -0.1) is 0 Å². The number of ether oxygens (including phenoxy) is 1. The van der Waals surface area contributed by atoms with Crippen LogP contribution < -0.4 is 11.1 Å². The van der Waals surface area contributed by atoms with Crippen molar-refractivity contribution in [2.75, 3.05) is 13.2 Å². The normalized spacial score (nSPS) is 22.9. The van der Waals surface area contributed by atoms with Crippen molar-refractivity contribution in [3.63, 3.8) is 0 Å². The highest BCUT2D eigenvalue weighted by Crippen LogP contribution is 2.09. The first kappa shape index (κ1) is 12.4. The summed E-state index contributed by atoms with van der Waals surface area (Å²) in [5.41, 5.74) is 5.38. The Morgan fingerprint density at radius 2 is 2.33 bits per heavy atom. The number of hydrogen-bond acceptors (Lipinski definition) is 4. The first-order valence-electron chi connectivity index (χ1n) is 5.53. The fourth-order valence-electron chi connectivity index (χ4n) is 1.66. The van der Waals surface area contributed by atoms with E-state index in [4.69, 9.17) is 15.6 Å². The van der Waals surface area contributed by atoms with E-state index in [0.717, 1.165) is 38.8 Å². The molecule has 0 bridgehead atoms. The molecular weight excluding hydrogens is 196 g/mol. The second-order valence-corrected chi connectivity index (χ2v) is 3.90. The Morgan fingerprint density at radius 1 is 1.53 bits per heavy atom. The van der Waals surface area contributed by atoms with E-state index >= 15 is 0 Å². The average molecular weight is 216 g/mol. The lowest BCUT2D eigenvalue weighted by atomic mass is 10.1. The first-order valence-corrected chi connectivity index (χ1v) is 5.53. The van der Waals surface area contributed by atoms with Gasteiger partial charge in [0, 0.05) is 6.54 Å². The predicted octanol–water partition coefficient (Wildman–Crippen LogP) is 0.295. The molecular formula is C10H20N2O3. The van der Waals surface area contributed by atoms with Crippen LogP contribution in [0, 0.1) is 0 Å². The van der Waals surface area contributed by atoms with Crippen LogP contribution in [0.4, 0.5) is 0 Å². The Kier molecular flexibility index (Phi) is 5.60. The fourth-order valence-corrected chi connectivity index (χ4v) is 1.66. The van der Waals surface area contributed by atoms with Gasteiger partial charge in [0.05, 0.1) is 6.61 Å². The fraction of sp³-hybridized carbons (Fsp3) is 0.900. The molecule has 0 spiro atoms. The molecule has 15 heavy (non-hydrogen) atoms. The molecule has 88 valence electrons. The second kappa shape index (κ2) is 6.76. The van der Waals surface area contributed by atoms with E-state index in [1.54, 1.807) is 0 Å². The number of carboxylic acid groups (broad SMARTS) is 1. The van der Waals surface area contributed by atoms with Crippen LogP contribution in [-0.4, -0.2) is 36.5 Å². The Morgan fingerprint density at radius 3 is 2.93 bits per heavy atom. The summed E-state index contributed by atoms with van der Waals surface area (Å²) in [6, 6.07) is -0.703. The maximum absolute atomic E-state index is 10.4. The monoisotopic (exact) mass is 216 g/mol. The minimum atomic E-state index is -0.907. The number of carbonyl (C=O) groups is 1. The Labute approximate surface area is 90.0 Å². The van der Waals surface area contributed by atoms with E-state index < -0.39 is 12.0 Å². The van der Waals surface area contributed by atoms with Crippen molar-refractivity contribution in [2.45, 2.75) is 44.4 Å². The van der Waals surface area contributed by atoms with Crippen LogP contribution in [0.15, 0.2) is 0 Å². The average Bonchev–Trinajstić information content (AvgIpc) is 2.69. The Balaban J connectivity index is 1.90. The number of carboxylic acids is 1.